The van der Waals surface area contributed by atoms with Crippen LogP contribution in [-0.2, 0) is 14.8 Å². The van der Waals surface area contributed by atoms with E-state index >= 15 is 0 Å². The Bertz CT molecular complexity index is 355. The first-order chi connectivity index (χ1) is 8.92. The van der Waals surface area contributed by atoms with E-state index in [0.29, 0.717) is 25.0 Å². The first-order valence-electron chi connectivity index (χ1n) is 7.07. The summed E-state index contributed by atoms with van der Waals surface area (Å²) >= 11 is 0. The van der Waals surface area contributed by atoms with Crippen LogP contribution in [0.25, 0.3) is 0 Å². The first-order valence-corrected chi connectivity index (χ1v) is 8.92. The van der Waals surface area contributed by atoms with E-state index in [4.69, 9.17) is 4.74 Å². The summed E-state index contributed by atoms with van der Waals surface area (Å²) in [5, 5.41) is 3.31. The van der Waals surface area contributed by atoms with Crippen LogP contribution in [0.4, 0.5) is 0 Å². The van der Waals surface area contributed by atoms with E-state index in [9.17, 15) is 8.42 Å². The van der Waals surface area contributed by atoms with Crippen molar-refractivity contribution in [3.63, 3.8) is 0 Å². The van der Waals surface area contributed by atoms with E-state index in [1.54, 1.807) is 11.4 Å². The Morgan fingerprint density at radius 3 is 2.63 bits per heavy atom. The monoisotopic (exact) mass is 292 g/mol. The Labute approximate surface area is 117 Å². The summed E-state index contributed by atoms with van der Waals surface area (Å²) in [6, 6.07) is 0.291. The lowest BCUT2D eigenvalue weighted by Crippen LogP contribution is -2.44. The molecule has 0 spiro atoms. The Balaban J connectivity index is 2.60. The van der Waals surface area contributed by atoms with Gasteiger partial charge in [0.2, 0.25) is 10.0 Å². The lowest BCUT2D eigenvalue weighted by atomic mass is 9.90. The van der Waals surface area contributed by atoms with E-state index < -0.39 is 10.0 Å². The third-order valence-corrected chi connectivity index (χ3v) is 5.33. The number of methoxy groups -OCH3 is 1. The highest BCUT2D eigenvalue weighted by Gasteiger charge is 2.29. The van der Waals surface area contributed by atoms with Crippen LogP contribution in [0.15, 0.2) is 0 Å². The number of piperidine rings is 1. The summed E-state index contributed by atoms with van der Waals surface area (Å²) in [5.74, 6) is 0.421. The number of rotatable bonds is 7. The van der Waals surface area contributed by atoms with Crippen LogP contribution < -0.4 is 5.32 Å². The summed E-state index contributed by atoms with van der Waals surface area (Å²) in [4.78, 5) is 0. The van der Waals surface area contributed by atoms with Crippen molar-refractivity contribution in [1.29, 1.82) is 0 Å². The first kappa shape index (κ1) is 16.9. The summed E-state index contributed by atoms with van der Waals surface area (Å²) in [5.41, 5.74) is 0. The van der Waals surface area contributed by atoms with E-state index in [1.165, 1.54) is 6.26 Å². The smallest absolute Gasteiger partial charge is 0.211 e. The summed E-state index contributed by atoms with van der Waals surface area (Å²) in [7, 11) is 0.635. The highest BCUT2D eigenvalue weighted by atomic mass is 32.2. The van der Waals surface area contributed by atoms with E-state index in [2.05, 4.69) is 12.2 Å². The van der Waals surface area contributed by atoms with Gasteiger partial charge in [0.1, 0.15) is 0 Å². The average molecular weight is 292 g/mol. The summed E-state index contributed by atoms with van der Waals surface area (Å²) in [6.45, 7) is 3.43. The summed E-state index contributed by atoms with van der Waals surface area (Å²) in [6.07, 6.45) is 5.48. The molecular weight excluding hydrogens is 264 g/mol. The van der Waals surface area contributed by atoms with Crippen LogP contribution in [0.2, 0.25) is 0 Å². The summed E-state index contributed by atoms with van der Waals surface area (Å²) < 4.78 is 30.3. The molecule has 5 nitrogen and oxygen atoms in total. The molecule has 6 heteroatoms. The number of likely N-dealkylation sites (N-methyl/N-ethyl adjacent to an activating group) is 1. The molecule has 3 atom stereocenters. The molecule has 1 aliphatic heterocycles. The van der Waals surface area contributed by atoms with Gasteiger partial charge in [0, 0.05) is 26.2 Å². The highest BCUT2D eigenvalue weighted by molar-refractivity contribution is 7.88. The lowest BCUT2D eigenvalue weighted by Gasteiger charge is -2.34. The van der Waals surface area contributed by atoms with Gasteiger partial charge in [0.05, 0.1) is 12.4 Å². The zero-order chi connectivity index (χ0) is 14.5. The zero-order valence-electron chi connectivity index (χ0n) is 12.6. The van der Waals surface area contributed by atoms with Gasteiger partial charge in [-0.1, -0.05) is 6.92 Å². The van der Waals surface area contributed by atoms with Crippen LogP contribution >= 0.6 is 0 Å². The van der Waals surface area contributed by atoms with E-state index in [1.807, 2.05) is 7.05 Å². The van der Waals surface area contributed by atoms with Crippen molar-refractivity contribution in [3.8, 4) is 0 Å². The Hall–Kier alpha value is -0.170. The number of nitrogens with one attached hydrogen (secondary N) is 1. The van der Waals surface area contributed by atoms with Gasteiger partial charge in [-0.15, -0.1) is 0 Å². The molecule has 114 valence electrons. The Morgan fingerprint density at radius 1 is 1.47 bits per heavy atom. The van der Waals surface area contributed by atoms with Crippen LogP contribution in [0.1, 0.15) is 32.6 Å². The van der Waals surface area contributed by atoms with Crippen LogP contribution in [0.3, 0.4) is 0 Å². The molecule has 0 saturated carbocycles. The quantitative estimate of drug-likeness (QED) is 0.762. The molecule has 19 heavy (non-hydrogen) atoms. The molecule has 1 aliphatic rings. The van der Waals surface area contributed by atoms with Crippen LogP contribution in [0, 0.1) is 5.92 Å². The minimum atomic E-state index is -3.05. The van der Waals surface area contributed by atoms with Crippen molar-refractivity contribution < 1.29 is 13.2 Å². The molecule has 0 amide bonds. The predicted octanol–water partition coefficient (Wildman–Crippen LogP) is 1.06. The van der Waals surface area contributed by atoms with Crippen LogP contribution in [-0.4, -0.2) is 58.4 Å². The van der Waals surface area contributed by atoms with Gasteiger partial charge in [-0.2, -0.15) is 0 Å². The normalized spacial score (nSPS) is 25.2. The number of hydrogen-bond acceptors (Lipinski definition) is 4. The SMILES string of the molecule is CCC(OC)C(CC1CCCN(S(C)(=O)=O)C1)NC. The average Bonchev–Trinajstić information content (AvgIpc) is 2.38. The maximum Gasteiger partial charge on any atom is 0.211 e. The predicted molar refractivity (Wildman–Crippen MR) is 77.7 cm³/mol. The molecule has 3 unspecified atom stereocenters. The van der Waals surface area contributed by atoms with Crippen molar-refractivity contribution in [3.05, 3.63) is 0 Å². The number of ether oxygens (including phenoxy) is 1. The van der Waals surface area contributed by atoms with Gasteiger partial charge in [0.15, 0.2) is 0 Å². The maximum atomic E-state index is 11.6. The number of hydrogen-bond donors (Lipinski definition) is 1. The standard InChI is InChI=1S/C13H28N2O3S/c1-5-13(18-3)12(14-2)9-11-7-6-8-15(10-11)19(4,16)17/h11-14H,5-10H2,1-4H3. The number of nitrogens with zero attached hydrogens (tertiary/aromatic N) is 1. The topological polar surface area (TPSA) is 58.6 Å². The molecule has 1 saturated heterocycles. The van der Waals surface area contributed by atoms with Gasteiger partial charge in [-0.3, -0.25) is 0 Å². The molecule has 1 fully saturated rings. The van der Waals surface area contributed by atoms with Crippen molar-refractivity contribution in [2.75, 3.05) is 33.5 Å². The van der Waals surface area contributed by atoms with Crippen LogP contribution in [0.5, 0.6) is 0 Å². The lowest BCUT2D eigenvalue weighted by molar-refractivity contribution is 0.0556. The molecule has 0 aromatic rings. The van der Waals surface area contributed by atoms with Gasteiger partial charge >= 0.3 is 0 Å². The Kier molecular flexibility index (Phi) is 6.73. The zero-order valence-corrected chi connectivity index (χ0v) is 13.4. The third-order valence-electron chi connectivity index (χ3n) is 4.06. The second-order valence-corrected chi connectivity index (χ2v) is 7.42. The third kappa shape index (κ3) is 5.02. The fourth-order valence-corrected chi connectivity index (χ4v) is 3.89. The van der Waals surface area contributed by atoms with Crippen molar-refractivity contribution in [1.82, 2.24) is 9.62 Å². The minimum absolute atomic E-state index is 0.193. The van der Waals surface area contributed by atoms with Crippen molar-refractivity contribution in [2.45, 2.75) is 44.8 Å². The van der Waals surface area contributed by atoms with E-state index in [-0.39, 0.29) is 6.10 Å². The Morgan fingerprint density at radius 2 is 2.16 bits per heavy atom. The molecule has 0 radical (unpaired) electrons. The number of sulfonamides is 1. The van der Waals surface area contributed by atoms with Gasteiger partial charge in [0.25, 0.3) is 0 Å². The van der Waals surface area contributed by atoms with Gasteiger partial charge in [-0.05, 0) is 38.6 Å². The molecule has 0 bridgehead atoms. The fourth-order valence-electron chi connectivity index (χ4n) is 2.95. The second kappa shape index (κ2) is 7.57. The molecule has 0 aromatic carbocycles. The van der Waals surface area contributed by atoms with Gasteiger partial charge < -0.3 is 10.1 Å². The second-order valence-electron chi connectivity index (χ2n) is 5.44. The molecule has 0 aliphatic carbocycles. The highest BCUT2D eigenvalue weighted by Crippen LogP contribution is 2.24. The van der Waals surface area contributed by atoms with Crippen molar-refractivity contribution >= 4 is 10.0 Å². The molecule has 1 N–H and O–H groups in total. The van der Waals surface area contributed by atoms with Gasteiger partial charge in [-0.25, -0.2) is 12.7 Å². The molecular formula is C13H28N2O3S. The molecule has 0 aromatic heterocycles. The maximum absolute atomic E-state index is 11.6. The molecule has 1 rings (SSSR count). The molecule has 1 heterocycles. The van der Waals surface area contributed by atoms with E-state index in [0.717, 1.165) is 25.7 Å². The fraction of sp³-hybridized carbons (Fsp3) is 1.00. The largest absolute Gasteiger partial charge is 0.380 e. The van der Waals surface area contributed by atoms with Crippen molar-refractivity contribution in [2.24, 2.45) is 5.92 Å². The minimum Gasteiger partial charge on any atom is -0.380 e.